The Balaban J connectivity index is 1.56. The second kappa shape index (κ2) is 6.42. The maximum Gasteiger partial charge on any atom is 0.159 e. The van der Waals surface area contributed by atoms with Crippen molar-refractivity contribution in [3.05, 3.63) is 52.9 Å². The number of piperazine rings is 1. The molecule has 1 aliphatic rings. The SMILES string of the molecule is O=C([O-])c1ccc(C[NH+]2CCN(c3cccc(Cl)c3)CC2)o1. The van der Waals surface area contributed by atoms with Gasteiger partial charge in [0.05, 0.1) is 26.2 Å². The molecule has 6 heteroatoms. The van der Waals surface area contributed by atoms with Crippen molar-refractivity contribution in [2.75, 3.05) is 31.1 Å². The number of carboxylic acids is 1. The average Bonchev–Trinajstić information content (AvgIpc) is 2.97. The van der Waals surface area contributed by atoms with E-state index in [1.807, 2.05) is 18.2 Å². The van der Waals surface area contributed by atoms with Gasteiger partial charge in [-0.05, 0) is 30.3 Å². The first-order valence-electron chi connectivity index (χ1n) is 7.26. The molecule has 0 atom stereocenters. The Morgan fingerprint density at radius 3 is 2.68 bits per heavy atom. The van der Waals surface area contributed by atoms with Crippen molar-refractivity contribution >= 4 is 23.3 Å². The van der Waals surface area contributed by atoms with E-state index in [9.17, 15) is 9.90 Å². The van der Waals surface area contributed by atoms with E-state index in [4.69, 9.17) is 16.0 Å². The monoisotopic (exact) mass is 320 g/mol. The Morgan fingerprint density at radius 2 is 2.05 bits per heavy atom. The second-order valence-electron chi connectivity index (χ2n) is 5.45. The highest BCUT2D eigenvalue weighted by Crippen LogP contribution is 2.19. The van der Waals surface area contributed by atoms with Crippen molar-refractivity contribution in [1.82, 2.24) is 0 Å². The minimum atomic E-state index is -1.27. The van der Waals surface area contributed by atoms with E-state index in [1.54, 1.807) is 6.07 Å². The molecule has 2 heterocycles. The van der Waals surface area contributed by atoms with Crippen molar-refractivity contribution in [1.29, 1.82) is 0 Å². The Morgan fingerprint density at radius 1 is 1.27 bits per heavy atom. The molecule has 0 spiro atoms. The number of aromatic carboxylic acids is 1. The van der Waals surface area contributed by atoms with Gasteiger partial charge in [0.15, 0.2) is 5.76 Å². The number of carboxylic acid groups (broad SMARTS) is 1. The standard InChI is InChI=1S/C16H17ClN2O3/c17-12-2-1-3-13(10-12)19-8-6-18(7-9-19)11-14-4-5-15(22-14)16(20)21/h1-5,10H,6-9,11H2,(H,20,21). The molecule has 1 aliphatic heterocycles. The number of quaternary nitrogens is 1. The molecule has 1 aromatic heterocycles. The van der Waals surface area contributed by atoms with Crippen LogP contribution in [0.4, 0.5) is 5.69 Å². The maximum atomic E-state index is 10.7. The largest absolute Gasteiger partial charge is 0.542 e. The summed E-state index contributed by atoms with van der Waals surface area (Å²) in [6.45, 7) is 4.49. The van der Waals surface area contributed by atoms with Gasteiger partial charge in [0.2, 0.25) is 0 Å². The number of hydrogen-bond acceptors (Lipinski definition) is 4. The highest BCUT2D eigenvalue weighted by Gasteiger charge is 2.21. The van der Waals surface area contributed by atoms with Gasteiger partial charge in [-0.15, -0.1) is 0 Å². The third-order valence-electron chi connectivity index (χ3n) is 3.93. The van der Waals surface area contributed by atoms with Gasteiger partial charge in [0.1, 0.15) is 18.3 Å². The van der Waals surface area contributed by atoms with Gasteiger partial charge in [-0.1, -0.05) is 17.7 Å². The van der Waals surface area contributed by atoms with Crippen LogP contribution >= 0.6 is 11.6 Å². The van der Waals surface area contributed by atoms with Crippen LogP contribution < -0.4 is 14.9 Å². The van der Waals surface area contributed by atoms with E-state index in [0.717, 1.165) is 36.9 Å². The van der Waals surface area contributed by atoms with Crippen LogP contribution in [0, 0.1) is 0 Å². The molecule has 1 saturated heterocycles. The first kappa shape index (κ1) is 14.9. The molecular formula is C16H17ClN2O3. The molecule has 0 amide bonds. The van der Waals surface area contributed by atoms with Crippen LogP contribution in [0.1, 0.15) is 16.3 Å². The van der Waals surface area contributed by atoms with Crippen molar-refractivity contribution in [2.45, 2.75) is 6.54 Å². The summed E-state index contributed by atoms with van der Waals surface area (Å²) in [7, 11) is 0. The van der Waals surface area contributed by atoms with Gasteiger partial charge in [0, 0.05) is 10.7 Å². The Bertz CT molecular complexity index is 663. The number of nitrogens with zero attached hydrogens (tertiary/aromatic N) is 1. The maximum absolute atomic E-state index is 10.7. The van der Waals surface area contributed by atoms with Gasteiger partial charge >= 0.3 is 0 Å². The number of hydrogen-bond donors (Lipinski definition) is 1. The van der Waals surface area contributed by atoms with E-state index in [1.165, 1.54) is 11.0 Å². The van der Waals surface area contributed by atoms with E-state index >= 15 is 0 Å². The lowest BCUT2D eigenvalue weighted by molar-refractivity contribution is -0.915. The van der Waals surface area contributed by atoms with Crippen molar-refractivity contribution in [2.24, 2.45) is 0 Å². The number of furan rings is 1. The topological polar surface area (TPSA) is 60.9 Å². The Labute approximate surface area is 133 Å². The zero-order valence-corrected chi connectivity index (χ0v) is 12.8. The molecule has 3 rings (SSSR count). The van der Waals surface area contributed by atoms with Crippen molar-refractivity contribution < 1.29 is 19.2 Å². The summed E-state index contributed by atoms with van der Waals surface area (Å²) in [6, 6.07) is 11.0. The molecule has 0 aliphatic carbocycles. The van der Waals surface area contributed by atoms with Crippen LogP contribution in [0.3, 0.4) is 0 Å². The third-order valence-corrected chi connectivity index (χ3v) is 4.17. The number of benzene rings is 1. The average molecular weight is 321 g/mol. The zero-order chi connectivity index (χ0) is 15.5. The first-order chi connectivity index (χ1) is 10.6. The highest BCUT2D eigenvalue weighted by molar-refractivity contribution is 6.30. The Hall–Kier alpha value is -1.98. The fraction of sp³-hybridized carbons (Fsp3) is 0.312. The molecule has 0 radical (unpaired) electrons. The summed E-state index contributed by atoms with van der Waals surface area (Å²) in [5.74, 6) is -0.690. The normalized spacial score (nSPS) is 16.0. The lowest BCUT2D eigenvalue weighted by Gasteiger charge is -2.33. The predicted octanol–water partition coefficient (Wildman–Crippen LogP) is 0.202. The summed E-state index contributed by atoms with van der Waals surface area (Å²) in [5, 5.41) is 11.5. The molecule has 0 unspecified atom stereocenters. The quantitative estimate of drug-likeness (QED) is 0.874. The zero-order valence-electron chi connectivity index (χ0n) is 12.0. The minimum Gasteiger partial charge on any atom is -0.542 e. The summed E-state index contributed by atoms with van der Waals surface area (Å²) < 4.78 is 5.26. The van der Waals surface area contributed by atoms with Gasteiger partial charge in [-0.2, -0.15) is 0 Å². The third kappa shape index (κ3) is 3.43. The summed E-state index contributed by atoms with van der Waals surface area (Å²) in [4.78, 5) is 14.4. The number of anilines is 1. The minimum absolute atomic E-state index is 0.105. The van der Waals surface area contributed by atoms with Crippen LogP contribution in [0.25, 0.3) is 0 Å². The molecule has 1 aromatic carbocycles. The molecule has 1 N–H and O–H groups in total. The fourth-order valence-electron chi connectivity index (χ4n) is 2.76. The number of rotatable bonds is 4. The van der Waals surface area contributed by atoms with Crippen LogP contribution in [0.5, 0.6) is 0 Å². The van der Waals surface area contributed by atoms with Gasteiger partial charge in [-0.3, -0.25) is 0 Å². The fourth-order valence-corrected chi connectivity index (χ4v) is 2.94. The van der Waals surface area contributed by atoms with Crippen LogP contribution in [-0.4, -0.2) is 32.1 Å². The number of nitrogens with one attached hydrogen (secondary N) is 1. The first-order valence-corrected chi connectivity index (χ1v) is 7.64. The van der Waals surface area contributed by atoms with Gasteiger partial charge in [0.25, 0.3) is 0 Å². The lowest BCUT2D eigenvalue weighted by Crippen LogP contribution is -3.13. The van der Waals surface area contributed by atoms with E-state index in [0.29, 0.717) is 12.3 Å². The molecule has 2 aromatic rings. The van der Waals surface area contributed by atoms with E-state index in [2.05, 4.69) is 11.0 Å². The van der Waals surface area contributed by atoms with Crippen molar-refractivity contribution in [3.8, 4) is 0 Å². The number of carbonyl (C=O) groups is 1. The molecule has 22 heavy (non-hydrogen) atoms. The highest BCUT2D eigenvalue weighted by atomic mass is 35.5. The second-order valence-corrected chi connectivity index (χ2v) is 5.88. The van der Waals surface area contributed by atoms with Crippen molar-refractivity contribution in [3.63, 3.8) is 0 Å². The summed E-state index contributed by atoms with van der Waals surface area (Å²) in [6.07, 6.45) is 0. The molecule has 5 nitrogen and oxygen atoms in total. The molecular weight excluding hydrogens is 304 g/mol. The van der Waals surface area contributed by atoms with Crippen LogP contribution in [0.15, 0.2) is 40.8 Å². The smallest absolute Gasteiger partial charge is 0.159 e. The van der Waals surface area contributed by atoms with Gasteiger partial charge < -0.3 is 24.1 Å². The number of halogens is 1. The number of carbonyl (C=O) groups excluding carboxylic acids is 1. The summed E-state index contributed by atoms with van der Waals surface area (Å²) >= 11 is 6.03. The molecule has 116 valence electrons. The van der Waals surface area contributed by atoms with E-state index < -0.39 is 5.97 Å². The molecule has 0 bridgehead atoms. The summed E-state index contributed by atoms with van der Waals surface area (Å²) in [5.41, 5.74) is 1.14. The van der Waals surface area contributed by atoms with Crippen LogP contribution in [0.2, 0.25) is 5.02 Å². The van der Waals surface area contributed by atoms with E-state index in [-0.39, 0.29) is 5.76 Å². The predicted molar refractivity (Wildman–Crippen MR) is 81.1 cm³/mol. The van der Waals surface area contributed by atoms with Crippen LogP contribution in [-0.2, 0) is 6.54 Å². The Kier molecular flexibility index (Phi) is 4.36. The van der Waals surface area contributed by atoms with Gasteiger partial charge in [-0.25, -0.2) is 0 Å². The molecule has 1 fully saturated rings. The molecule has 0 saturated carbocycles. The lowest BCUT2D eigenvalue weighted by atomic mass is 10.2.